The second kappa shape index (κ2) is 7.50. The first kappa shape index (κ1) is 17.7. The van der Waals surface area contributed by atoms with Crippen LogP contribution in [0.1, 0.15) is 0 Å². The summed E-state index contributed by atoms with van der Waals surface area (Å²) in [6.07, 6.45) is 3.77. The van der Waals surface area contributed by atoms with Crippen LogP contribution >= 0.6 is 0 Å². The molecule has 2 aromatic heterocycles. The van der Waals surface area contributed by atoms with Crippen LogP contribution in [-0.4, -0.2) is 72.5 Å². The van der Waals surface area contributed by atoms with Crippen molar-refractivity contribution in [3.8, 4) is 11.1 Å². The monoisotopic (exact) mass is 363 g/mol. The molecule has 0 spiro atoms. The van der Waals surface area contributed by atoms with E-state index in [2.05, 4.69) is 32.9 Å². The number of hydrogen-bond donors (Lipinski definition) is 1. The van der Waals surface area contributed by atoms with Gasteiger partial charge in [-0.15, -0.1) is 0 Å². The number of aromatic amines is 1. The van der Waals surface area contributed by atoms with E-state index in [9.17, 15) is 4.79 Å². The molecule has 1 saturated heterocycles. The summed E-state index contributed by atoms with van der Waals surface area (Å²) >= 11 is 0. The smallest absolute Gasteiger partial charge is 0.240 e. The van der Waals surface area contributed by atoms with E-state index in [0.29, 0.717) is 6.54 Å². The maximum atomic E-state index is 12.6. The van der Waals surface area contributed by atoms with Gasteiger partial charge >= 0.3 is 0 Å². The summed E-state index contributed by atoms with van der Waals surface area (Å²) in [6, 6.07) is 12.2. The minimum Gasteiger partial charge on any atom is -0.346 e. The molecule has 1 amide bonds. The van der Waals surface area contributed by atoms with Crippen LogP contribution in [0.15, 0.2) is 48.8 Å². The fourth-order valence-corrected chi connectivity index (χ4v) is 3.42. The fraction of sp³-hybridized carbons (Fsp3) is 0.333. The van der Waals surface area contributed by atoms with Gasteiger partial charge in [0.15, 0.2) is 0 Å². The minimum atomic E-state index is 0.128. The predicted molar refractivity (Wildman–Crippen MR) is 109 cm³/mol. The fourth-order valence-electron chi connectivity index (χ4n) is 3.42. The van der Waals surface area contributed by atoms with E-state index in [1.807, 2.05) is 49.8 Å². The third-order valence-corrected chi connectivity index (χ3v) is 5.32. The molecular weight excluding hydrogens is 338 g/mol. The standard InChI is InChI=1S/C21H25N5O/c1-24-9-11-26(12-10-24)15-20(27)25(2)19-5-3-16(4-6-19)18-13-17-7-8-22-21(17)23-14-18/h3-8,13-14H,9-12,15H2,1-2H3,(H,22,23). The largest absolute Gasteiger partial charge is 0.346 e. The Hall–Kier alpha value is -2.70. The second-order valence-electron chi connectivity index (χ2n) is 7.22. The van der Waals surface area contributed by atoms with Crippen molar-refractivity contribution in [2.45, 2.75) is 0 Å². The Kier molecular flexibility index (Phi) is 4.92. The van der Waals surface area contributed by atoms with E-state index in [1.54, 1.807) is 4.90 Å². The third kappa shape index (κ3) is 3.86. The summed E-state index contributed by atoms with van der Waals surface area (Å²) in [7, 11) is 3.97. The van der Waals surface area contributed by atoms with Crippen molar-refractivity contribution in [2.24, 2.45) is 0 Å². The SMILES string of the molecule is CN1CCN(CC(=O)N(C)c2ccc(-c3cnc4[nH]ccc4c3)cc2)CC1. The number of fused-ring (bicyclic) bond motifs is 1. The Morgan fingerprint density at radius 2 is 1.85 bits per heavy atom. The van der Waals surface area contributed by atoms with Gasteiger partial charge in [0.25, 0.3) is 0 Å². The van der Waals surface area contributed by atoms with Gasteiger partial charge in [-0.3, -0.25) is 9.69 Å². The molecule has 1 fully saturated rings. The Bertz CT molecular complexity index is 925. The van der Waals surface area contributed by atoms with Crippen LogP contribution in [0.25, 0.3) is 22.2 Å². The molecule has 6 nitrogen and oxygen atoms in total. The summed E-state index contributed by atoms with van der Waals surface area (Å²) in [4.78, 5) is 26.4. The van der Waals surface area contributed by atoms with Crippen molar-refractivity contribution in [2.75, 3.05) is 51.7 Å². The summed E-state index contributed by atoms with van der Waals surface area (Å²) in [5.74, 6) is 0.128. The lowest BCUT2D eigenvalue weighted by Gasteiger charge is -2.32. The molecule has 1 aliphatic rings. The highest BCUT2D eigenvalue weighted by Crippen LogP contribution is 2.25. The second-order valence-corrected chi connectivity index (χ2v) is 7.22. The zero-order valence-electron chi connectivity index (χ0n) is 15.9. The average molecular weight is 363 g/mol. The van der Waals surface area contributed by atoms with Crippen LogP contribution in [0.4, 0.5) is 5.69 Å². The first-order valence-corrected chi connectivity index (χ1v) is 9.31. The van der Waals surface area contributed by atoms with Crippen molar-refractivity contribution < 1.29 is 4.79 Å². The van der Waals surface area contributed by atoms with Gasteiger partial charge in [0.1, 0.15) is 5.65 Å². The molecule has 1 aliphatic heterocycles. The molecule has 3 aromatic rings. The number of carbonyl (C=O) groups excluding carboxylic acids is 1. The molecule has 4 rings (SSSR count). The average Bonchev–Trinajstić information content (AvgIpc) is 3.17. The molecular formula is C21H25N5O. The van der Waals surface area contributed by atoms with E-state index in [4.69, 9.17) is 0 Å². The van der Waals surface area contributed by atoms with Crippen LogP contribution in [0.3, 0.4) is 0 Å². The Morgan fingerprint density at radius 3 is 2.59 bits per heavy atom. The summed E-state index contributed by atoms with van der Waals surface area (Å²) in [5, 5.41) is 1.09. The number of rotatable bonds is 4. The lowest BCUT2D eigenvalue weighted by Crippen LogP contribution is -2.48. The molecule has 3 heterocycles. The molecule has 0 atom stereocenters. The first-order valence-electron chi connectivity index (χ1n) is 9.31. The van der Waals surface area contributed by atoms with Crippen molar-refractivity contribution >= 4 is 22.6 Å². The van der Waals surface area contributed by atoms with Gasteiger partial charge in [0, 0.05) is 62.3 Å². The van der Waals surface area contributed by atoms with Crippen molar-refractivity contribution in [1.82, 2.24) is 19.8 Å². The number of aromatic nitrogens is 2. The quantitative estimate of drug-likeness (QED) is 0.774. The molecule has 0 bridgehead atoms. The number of nitrogens with one attached hydrogen (secondary N) is 1. The highest BCUT2D eigenvalue weighted by atomic mass is 16.2. The highest BCUT2D eigenvalue weighted by molar-refractivity contribution is 5.94. The summed E-state index contributed by atoms with van der Waals surface area (Å²) in [5.41, 5.74) is 3.97. The Morgan fingerprint density at radius 1 is 1.11 bits per heavy atom. The maximum Gasteiger partial charge on any atom is 0.240 e. The normalized spacial score (nSPS) is 15.9. The lowest BCUT2D eigenvalue weighted by molar-refractivity contribution is -0.119. The summed E-state index contributed by atoms with van der Waals surface area (Å²) < 4.78 is 0. The number of nitrogens with zero attached hydrogens (tertiary/aromatic N) is 4. The number of likely N-dealkylation sites (N-methyl/N-ethyl adjacent to an activating group) is 2. The Balaban J connectivity index is 1.43. The third-order valence-electron chi connectivity index (χ3n) is 5.32. The minimum absolute atomic E-state index is 0.128. The number of pyridine rings is 1. The number of piperazine rings is 1. The van der Waals surface area contributed by atoms with Gasteiger partial charge < -0.3 is 14.8 Å². The molecule has 0 radical (unpaired) electrons. The lowest BCUT2D eigenvalue weighted by atomic mass is 10.1. The van der Waals surface area contributed by atoms with Gasteiger partial charge in [0.05, 0.1) is 6.54 Å². The van der Waals surface area contributed by atoms with E-state index in [1.165, 1.54) is 0 Å². The van der Waals surface area contributed by atoms with Gasteiger partial charge in [-0.05, 0) is 36.9 Å². The predicted octanol–water partition coefficient (Wildman–Crippen LogP) is 2.44. The molecule has 0 aliphatic carbocycles. The molecule has 0 unspecified atom stereocenters. The first-order chi connectivity index (χ1) is 13.1. The van der Waals surface area contributed by atoms with E-state index >= 15 is 0 Å². The number of carbonyl (C=O) groups is 1. The van der Waals surface area contributed by atoms with Crippen LogP contribution in [-0.2, 0) is 4.79 Å². The van der Waals surface area contributed by atoms with Gasteiger partial charge in [-0.2, -0.15) is 0 Å². The van der Waals surface area contributed by atoms with Crippen molar-refractivity contribution in [3.05, 3.63) is 48.8 Å². The summed E-state index contributed by atoms with van der Waals surface area (Å²) in [6.45, 7) is 4.41. The number of benzene rings is 1. The van der Waals surface area contributed by atoms with Crippen molar-refractivity contribution in [1.29, 1.82) is 0 Å². The molecule has 6 heteroatoms. The number of H-pyrrole nitrogens is 1. The Labute approximate surface area is 159 Å². The maximum absolute atomic E-state index is 12.6. The number of anilines is 1. The highest BCUT2D eigenvalue weighted by Gasteiger charge is 2.19. The van der Waals surface area contributed by atoms with Crippen LogP contribution in [0.5, 0.6) is 0 Å². The number of amides is 1. The molecule has 0 saturated carbocycles. The van der Waals surface area contributed by atoms with Crippen molar-refractivity contribution in [3.63, 3.8) is 0 Å². The topological polar surface area (TPSA) is 55.5 Å². The zero-order valence-corrected chi connectivity index (χ0v) is 15.9. The van der Waals surface area contributed by atoms with Crippen LogP contribution in [0, 0.1) is 0 Å². The van der Waals surface area contributed by atoms with Gasteiger partial charge in [-0.25, -0.2) is 4.98 Å². The number of hydrogen-bond acceptors (Lipinski definition) is 4. The van der Waals surface area contributed by atoms with Gasteiger partial charge in [-0.1, -0.05) is 12.1 Å². The van der Waals surface area contributed by atoms with Gasteiger partial charge in [0.2, 0.25) is 5.91 Å². The molecule has 1 aromatic carbocycles. The molecule has 1 N–H and O–H groups in total. The van der Waals surface area contributed by atoms with Crippen LogP contribution in [0.2, 0.25) is 0 Å². The zero-order chi connectivity index (χ0) is 18.8. The van der Waals surface area contributed by atoms with E-state index in [-0.39, 0.29) is 5.91 Å². The van der Waals surface area contributed by atoms with Crippen LogP contribution < -0.4 is 4.90 Å². The molecule has 140 valence electrons. The molecule has 27 heavy (non-hydrogen) atoms. The van der Waals surface area contributed by atoms with E-state index in [0.717, 1.165) is 54.0 Å². The van der Waals surface area contributed by atoms with E-state index < -0.39 is 0 Å².